The lowest BCUT2D eigenvalue weighted by atomic mass is 9.82. The van der Waals surface area contributed by atoms with Gasteiger partial charge in [0, 0.05) is 47.5 Å². The molecule has 9 rings (SSSR count). The number of alkyl halides is 2. The quantitative estimate of drug-likeness (QED) is 0.182. The zero-order valence-corrected chi connectivity index (χ0v) is 30.8. The average molecular weight is 726 g/mol. The van der Waals surface area contributed by atoms with Gasteiger partial charge in [-0.05, 0) is 121 Å². The van der Waals surface area contributed by atoms with Gasteiger partial charge in [-0.2, -0.15) is 0 Å². The largest absolute Gasteiger partial charge is 0.341 e. The lowest BCUT2D eigenvalue weighted by molar-refractivity contribution is -0.123. The van der Waals surface area contributed by atoms with Crippen LogP contribution in [-0.2, 0) is 10.2 Å². The van der Waals surface area contributed by atoms with Crippen LogP contribution in [-0.4, -0.2) is 67.9 Å². The van der Waals surface area contributed by atoms with Gasteiger partial charge in [-0.1, -0.05) is 12.1 Å². The van der Waals surface area contributed by atoms with Gasteiger partial charge in [0.15, 0.2) is 5.82 Å². The molecule has 0 spiro atoms. The molecule has 0 unspecified atom stereocenters. The summed E-state index contributed by atoms with van der Waals surface area (Å²) in [6, 6.07) is 11.9. The number of imidazole rings is 1. The SMILES string of the molecule is Cc1cc(F)c(Nc2nc(-c3ccc4c(c3)N([C@H]3C[C@@H](N5C[C@H]6CC[C@@H]5C6)C3)C(=O)C4(C)C)cc3ncn(C(C)C)c23)cc1C(=O)NC1(C(F)F)CC1. The predicted molar refractivity (Wildman–Crippen MR) is 198 cm³/mol. The second-order valence-electron chi connectivity index (χ2n) is 17.0. The maximum Gasteiger partial charge on any atom is 0.261 e. The van der Waals surface area contributed by atoms with Crippen LogP contribution in [0.15, 0.2) is 42.7 Å². The van der Waals surface area contributed by atoms with Crippen molar-refractivity contribution in [2.75, 3.05) is 16.8 Å². The second kappa shape index (κ2) is 12.0. The molecule has 4 fully saturated rings. The molecule has 12 heteroatoms. The van der Waals surface area contributed by atoms with Crippen LogP contribution in [0.1, 0.15) is 100 Å². The Bertz CT molecular complexity index is 2170. The zero-order chi connectivity index (χ0) is 37.1. The number of hydrogen-bond donors (Lipinski definition) is 2. The molecule has 4 heterocycles. The van der Waals surface area contributed by atoms with Crippen LogP contribution >= 0.6 is 0 Å². The minimum Gasteiger partial charge on any atom is -0.341 e. The van der Waals surface area contributed by atoms with Crippen molar-refractivity contribution in [1.29, 1.82) is 0 Å². The van der Waals surface area contributed by atoms with Gasteiger partial charge in [0.25, 0.3) is 12.3 Å². The van der Waals surface area contributed by atoms with Crippen LogP contribution in [0.4, 0.5) is 30.4 Å². The van der Waals surface area contributed by atoms with E-state index in [1.165, 1.54) is 37.9 Å². The Balaban J connectivity index is 1.06. The smallest absolute Gasteiger partial charge is 0.261 e. The number of hydrogen-bond acceptors (Lipinski definition) is 6. The molecule has 9 nitrogen and oxygen atoms in total. The summed E-state index contributed by atoms with van der Waals surface area (Å²) in [6.07, 6.45) is 5.35. The minimum absolute atomic E-state index is 0.00492. The van der Waals surface area contributed by atoms with Crippen molar-refractivity contribution < 1.29 is 22.8 Å². The molecule has 5 aliphatic rings. The number of pyridine rings is 1. The Hall–Kier alpha value is -4.45. The number of carbonyl (C=O) groups is 2. The fourth-order valence-corrected chi connectivity index (χ4v) is 9.41. The second-order valence-corrected chi connectivity index (χ2v) is 17.0. The Morgan fingerprint density at radius 1 is 1.00 bits per heavy atom. The van der Waals surface area contributed by atoms with Crippen LogP contribution < -0.4 is 15.5 Å². The molecular weight excluding hydrogens is 679 g/mol. The highest BCUT2D eigenvalue weighted by molar-refractivity contribution is 6.09. The van der Waals surface area contributed by atoms with Crippen LogP contribution in [0.5, 0.6) is 0 Å². The summed E-state index contributed by atoms with van der Waals surface area (Å²) >= 11 is 0. The molecule has 2 bridgehead atoms. The molecule has 2 N–H and O–H groups in total. The van der Waals surface area contributed by atoms with Gasteiger partial charge < -0.3 is 20.1 Å². The first-order chi connectivity index (χ1) is 25.2. The van der Waals surface area contributed by atoms with Crippen LogP contribution in [0.2, 0.25) is 0 Å². The number of halogens is 3. The summed E-state index contributed by atoms with van der Waals surface area (Å²) < 4.78 is 44.9. The first-order valence-electron chi connectivity index (χ1n) is 19.0. The molecule has 3 saturated carbocycles. The third-order valence-electron chi connectivity index (χ3n) is 12.8. The van der Waals surface area contributed by atoms with Gasteiger partial charge in [-0.3, -0.25) is 14.5 Å². The van der Waals surface area contributed by atoms with Crippen molar-refractivity contribution in [3.63, 3.8) is 0 Å². The lowest BCUT2D eigenvalue weighted by Gasteiger charge is -2.48. The normalized spacial score (nSPS) is 25.4. The van der Waals surface area contributed by atoms with Gasteiger partial charge in [0.05, 0.1) is 28.6 Å². The number of piperidine rings is 1. The number of nitrogens with zero attached hydrogens (tertiary/aromatic N) is 5. The minimum atomic E-state index is -2.69. The summed E-state index contributed by atoms with van der Waals surface area (Å²) in [6.45, 7) is 10.8. The highest BCUT2D eigenvalue weighted by Gasteiger charge is 2.53. The molecule has 53 heavy (non-hydrogen) atoms. The summed E-state index contributed by atoms with van der Waals surface area (Å²) in [7, 11) is 0. The van der Waals surface area contributed by atoms with Gasteiger partial charge in [0.2, 0.25) is 5.91 Å². The van der Waals surface area contributed by atoms with E-state index in [4.69, 9.17) is 9.97 Å². The number of aromatic nitrogens is 3. The molecule has 278 valence electrons. The lowest BCUT2D eigenvalue weighted by Crippen LogP contribution is -2.57. The topological polar surface area (TPSA) is 95.4 Å². The summed E-state index contributed by atoms with van der Waals surface area (Å²) in [5.41, 5.74) is 2.81. The van der Waals surface area contributed by atoms with Crippen LogP contribution in [0, 0.1) is 18.7 Å². The first kappa shape index (κ1) is 34.3. The van der Waals surface area contributed by atoms with Crippen LogP contribution in [0.25, 0.3) is 22.3 Å². The van der Waals surface area contributed by atoms with Gasteiger partial charge in [0.1, 0.15) is 16.9 Å². The third-order valence-corrected chi connectivity index (χ3v) is 12.8. The summed E-state index contributed by atoms with van der Waals surface area (Å²) in [5, 5.41) is 5.63. The average Bonchev–Trinajstić information content (AvgIpc) is 3.38. The standard InChI is InChI=1S/C41H46F3N7O2/c1-21(2)50-20-45-33-18-31(46-36(35(33)50)47-32-17-28(22(3)12-30(32)42)37(52)48-41(10-11-41)38(43)44)24-7-9-29-34(14-24)51(39(53)40(29,4)5)27-15-26(16-27)49-19-23-6-8-25(49)13-23/h7,9,12,14,17-18,20-21,23,25-27,38H,6,8,10-11,13,15-16,19H2,1-5H3,(H,46,47)(H,48,52)/t23-,25+,26-,27+/m0/s1. The summed E-state index contributed by atoms with van der Waals surface area (Å²) in [4.78, 5) is 41.7. The van der Waals surface area contributed by atoms with E-state index in [-0.39, 0.29) is 42.1 Å². The molecule has 2 aromatic heterocycles. The number of nitrogens with one attached hydrogen (secondary N) is 2. The third kappa shape index (κ3) is 5.45. The monoisotopic (exact) mass is 725 g/mol. The van der Waals surface area contributed by atoms with E-state index >= 15 is 4.39 Å². The van der Waals surface area contributed by atoms with Crippen molar-refractivity contribution in [1.82, 2.24) is 24.8 Å². The van der Waals surface area contributed by atoms with E-state index < -0.39 is 29.1 Å². The number of fused-ring (bicyclic) bond motifs is 4. The highest BCUT2D eigenvalue weighted by atomic mass is 19.3. The maximum absolute atomic E-state index is 15.6. The fraction of sp³-hybridized carbons (Fsp3) is 0.512. The Kier molecular flexibility index (Phi) is 7.79. The number of anilines is 3. The molecule has 2 amide bonds. The fourth-order valence-electron chi connectivity index (χ4n) is 9.41. The molecule has 3 aliphatic carbocycles. The Morgan fingerprint density at radius 3 is 2.43 bits per heavy atom. The molecule has 0 radical (unpaired) electrons. The molecule has 4 aromatic rings. The molecule has 2 atom stereocenters. The Labute approximate surface area is 307 Å². The number of likely N-dealkylation sites (tertiary alicyclic amines) is 1. The van der Waals surface area contributed by atoms with E-state index in [0.717, 1.165) is 35.6 Å². The van der Waals surface area contributed by atoms with Gasteiger partial charge >= 0.3 is 0 Å². The van der Waals surface area contributed by atoms with Crippen LogP contribution in [0.3, 0.4) is 0 Å². The number of carbonyl (C=O) groups excluding carboxylic acids is 2. The predicted octanol–water partition coefficient (Wildman–Crippen LogP) is 8.04. The van der Waals surface area contributed by atoms with Crippen molar-refractivity contribution >= 4 is 40.0 Å². The Morgan fingerprint density at radius 2 is 1.77 bits per heavy atom. The van der Waals surface area contributed by atoms with Gasteiger partial charge in [-0.25, -0.2) is 23.1 Å². The van der Waals surface area contributed by atoms with E-state index in [2.05, 4.69) is 21.6 Å². The van der Waals surface area contributed by atoms with Gasteiger partial charge in [-0.15, -0.1) is 0 Å². The highest BCUT2D eigenvalue weighted by Crippen LogP contribution is 2.50. The first-order valence-corrected chi connectivity index (χ1v) is 19.0. The maximum atomic E-state index is 15.6. The van der Waals surface area contributed by atoms with Crippen molar-refractivity contribution in [2.24, 2.45) is 5.92 Å². The van der Waals surface area contributed by atoms with E-state index in [1.807, 2.05) is 55.4 Å². The zero-order valence-electron chi connectivity index (χ0n) is 30.8. The van der Waals surface area contributed by atoms with E-state index in [1.54, 1.807) is 13.3 Å². The van der Waals surface area contributed by atoms with E-state index in [9.17, 15) is 18.4 Å². The van der Waals surface area contributed by atoms with E-state index in [0.29, 0.717) is 40.2 Å². The number of amides is 2. The summed E-state index contributed by atoms with van der Waals surface area (Å²) in [5.74, 6) is 0.00288. The number of rotatable bonds is 9. The van der Waals surface area contributed by atoms with Crippen molar-refractivity contribution in [3.05, 3.63) is 65.2 Å². The number of aryl methyl sites for hydroxylation is 1. The number of benzene rings is 2. The molecular formula is C41H46F3N7O2. The molecule has 2 aliphatic heterocycles. The van der Waals surface area contributed by atoms with Crippen molar-refractivity contribution in [3.8, 4) is 11.3 Å². The molecule has 1 saturated heterocycles. The molecule has 2 aromatic carbocycles. The van der Waals surface area contributed by atoms with Crippen molar-refractivity contribution in [2.45, 2.75) is 121 Å².